The number of carbonyl (C=O) groups is 2. The van der Waals surface area contributed by atoms with E-state index in [1.54, 1.807) is 17.9 Å². The molecule has 0 saturated heterocycles. The maximum atomic E-state index is 12.1. The molecule has 0 aliphatic heterocycles. The molecule has 6 heteroatoms. The van der Waals surface area contributed by atoms with E-state index in [1.807, 2.05) is 20.8 Å². The Morgan fingerprint density at radius 1 is 1.50 bits per heavy atom. The number of nitrogens with one attached hydrogen (secondary N) is 1. The minimum absolute atomic E-state index is 0.0718. The normalized spacial score (nSPS) is 10.5. The van der Waals surface area contributed by atoms with Crippen molar-refractivity contribution in [3.8, 4) is 0 Å². The van der Waals surface area contributed by atoms with Crippen LogP contribution < -0.4 is 5.32 Å². The Balaban J connectivity index is 2.66. The van der Waals surface area contributed by atoms with Crippen LogP contribution in [0.5, 0.6) is 0 Å². The van der Waals surface area contributed by atoms with Crippen molar-refractivity contribution in [2.45, 2.75) is 26.8 Å². The average molecular weight is 252 g/mol. The monoisotopic (exact) mass is 252 g/mol. The predicted octanol–water partition coefficient (Wildman–Crippen LogP) is 0.407. The van der Waals surface area contributed by atoms with Gasteiger partial charge in [0.1, 0.15) is 0 Å². The largest absolute Gasteiger partial charge is 0.352 e. The summed E-state index contributed by atoms with van der Waals surface area (Å²) in [6, 6.07) is 0.0738. The van der Waals surface area contributed by atoms with E-state index < -0.39 is 0 Å². The molecule has 1 rings (SSSR count). The Morgan fingerprint density at radius 3 is 2.61 bits per heavy atom. The molecule has 0 saturated carbocycles. The van der Waals surface area contributed by atoms with Crippen molar-refractivity contribution < 1.29 is 9.59 Å². The fraction of sp³-hybridized carbons (Fsp3) is 0.583. The summed E-state index contributed by atoms with van der Waals surface area (Å²) < 4.78 is 1.56. The third-order valence-electron chi connectivity index (χ3n) is 2.40. The van der Waals surface area contributed by atoms with E-state index in [-0.39, 0.29) is 24.4 Å². The van der Waals surface area contributed by atoms with Crippen molar-refractivity contribution in [1.29, 1.82) is 0 Å². The van der Waals surface area contributed by atoms with Crippen LogP contribution in [0.2, 0.25) is 0 Å². The van der Waals surface area contributed by atoms with Crippen molar-refractivity contribution in [2.75, 3.05) is 13.1 Å². The van der Waals surface area contributed by atoms with E-state index in [0.717, 1.165) is 0 Å². The molecule has 0 atom stereocenters. The van der Waals surface area contributed by atoms with Crippen LogP contribution in [0.1, 0.15) is 31.1 Å². The molecule has 1 heterocycles. The van der Waals surface area contributed by atoms with Gasteiger partial charge in [0.25, 0.3) is 5.91 Å². The summed E-state index contributed by atoms with van der Waals surface area (Å²) in [5.41, 5.74) is 0.497. The van der Waals surface area contributed by atoms with Crippen LogP contribution in [0, 0.1) is 0 Å². The van der Waals surface area contributed by atoms with Gasteiger partial charge in [0.15, 0.2) is 0 Å². The molecule has 1 aromatic heterocycles. The fourth-order valence-corrected chi connectivity index (χ4v) is 1.58. The predicted molar refractivity (Wildman–Crippen MR) is 68.1 cm³/mol. The zero-order valence-corrected chi connectivity index (χ0v) is 11.3. The quantitative estimate of drug-likeness (QED) is 0.825. The number of likely N-dealkylation sites (N-methyl/N-ethyl adjacent to an activating group) is 1. The van der Waals surface area contributed by atoms with Gasteiger partial charge in [-0.3, -0.25) is 14.3 Å². The Kier molecular flexibility index (Phi) is 4.88. The molecule has 6 nitrogen and oxygen atoms in total. The summed E-state index contributed by atoms with van der Waals surface area (Å²) in [5.74, 6) is -0.325. The highest BCUT2D eigenvalue weighted by atomic mass is 16.2. The van der Waals surface area contributed by atoms with Crippen molar-refractivity contribution >= 4 is 11.8 Å². The summed E-state index contributed by atoms with van der Waals surface area (Å²) in [6.07, 6.45) is 3.15. The molecule has 0 spiro atoms. The van der Waals surface area contributed by atoms with Crippen molar-refractivity contribution in [3.63, 3.8) is 0 Å². The molecule has 1 aromatic rings. The molecule has 0 aliphatic carbocycles. The first-order valence-electron chi connectivity index (χ1n) is 6.01. The van der Waals surface area contributed by atoms with Crippen LogP contribution in [0.15, 0.2) is 12.4 Å². The van der Waals surface area contributed by atoms with Crippen LogP contribution in [-0.4, -0.2) is 45.6 Å². The number of aromatic nitrogens is 2. The van der Waals surface area contributed by atoms with Gasteiger partial charge in [0.2, 0.25) is 5.91 Å². The van der Waals surface area contributed by atoms with Gasteiger partial charge in [0.05, 0.1) is 18.3 Å². The molecular formula is C12H20N4O2. The number of rotatable bonds is 5. The fourth-order valence-electron chi connectivity index (χ4n) is 1.58. The van der Waals surface area contributed by atoms with Gasteiger partial charge >= 0.3 is 0 Å². The summed E-state index contributed by atoms with van der Waals surface area (Å²) in [5, 5.41) is 6.72. The summed E-state index contributed by atoms with van der Waals surface area (Å²) in [6.45, 7) is 6.17. The Hall–Kier alpha value is -1.85. The highest BCUT2D eigenvalue weighted by molar-refractivity contribution is 5.96. The molecule has 0 unspecified atom stereocenters. The Bertz CT molecular complexity index is 425. The average Bonchev–Trinajstić information content (AvgIpc) is 2.70. The van der Waals surface area contributed by atoms with Crippen LogP contribution >= 0.6 is 0 Å². The Morgan fingerprint density at radius 2 is 2.17 bits per heavy atom. The first-order chi connectivity index (χ1) is 8.43. The number of nitrogens with zero attached hydrogens (tertiary/aromatic N) is 3. The smallest absolute Gasteiger partial charge is 0.257 e. The van der Waals surface area contributed by atoms with Gasteiger partial charge < -0.3 is 10.2 Å². The minimum atomic E-state index is -0.176. The van der Waals surface area contributed by atoms with E-state index >= 15 is 0 Å². The molecule has 0 radical (unpaired) electrons. The van der Waals surface area contributed by atoms with Crippen LogP contribution in [-0.2, 0) is 11.8 Å². The molecule has 2 amide bonds. The topological polar surface area (TPSA) is 67.2 Å². The van der Waals surface area contributed by atoms with Gasteiger partial charge in [0, 0.05) is 25.8 Å². The lowest BCUT2D eigenvalue weighted by atomic mass is 10.3. The molecule has 18 heavy (non-hydrogen) atoms. The molecule has 0 bridgehead atoms. The third-order valence-corrected chi connectivity index (χ3v) is 2.40. The summed E-state index contributed by atoms with van der Waals surface area (Å²) >= 11 is 0. The highest BCUT2D eigenvalue weighted by Crippen LogP contribution is 2.03. The van der Waals surface area contributed by atoms with Gasteiger partial charge in [-0.25, -0.2) is 0 Å². The summed E-state index contributed by atoms with van der Waals surface area (Å²) in [4.78, 5) is 25.2. The number of amides is 2. The molecule has 0 aliphatic rings. The van der Waals surface area contributed by atoms with Gasteiger partial charge in [-0.15, -0.1) is 0 Å². The number of carbonyl (C=O) groups excluding carboxylic acids is 2. The maximum Gasteiger partial charge on any atom is 0.257 e. The molecule has 0 fully saturated rings. The lowest BCUT2D eigenvalue weighted by molar-refractivity contribution is -0.122. The number of aryl methyl sites for hydroxylation is 1. The lowest BCUT2D eigenvalue weighted by Gasteiger charge is -2.20. The molecule has 1 N–H and O–H groups in total. The van der Waals surface area contributed by atoms with Crippen LogP contribution in [0.3, 0.4) is 0 Å². The van der Waals surface area contributed by atoms with Crippen LogP contribution in [0.4, 0.5) is 0 Å². The van der Waals surface area contributed by atoms with Gasteiger partial charge in [-0.2, -0.15) is 5.10 Å². The second-order valence-corrected chi connectivity index (χ2v) is 4.44. The van der Waals surface area contributed by atoms with Crippen molar-refractivity contribution in [3.05, 3.63) is 18.0 Å². The molecule has 100 valence electrons. The molecular weight excluding hydrogens is 232 g/mol. The maximum absolute atomic E-state index is 12.1. The molecule has 0 aromatic carbocycles. The Labute approximate surface area is 107 Å². The first-order valence-corrected chi connectivity index (χ1v) is 6.01. The van der Waals surface area contributed by atoms with E-state index in [9.17, 15) is 9.59 Å². The van der Waals surface area contributed by atoms with Crippen molar-refractivity contribution in [2.24, 2.45) is 7.05 Å². The van der Waals surface area contributed by atoms with E-state index in [2.05, 4.69) is 10.4 Å². The highest BCUT2D eigenvalue weighted by Gasteiger charge is 2.18. The SMILES string of the molecule is CCN(CC(=O)NC(C)C)C(=O)c1cnn(C)c1. The van der Waals surface area contributed by atoms with Gasteiger partial charge in [-0.05, 0) is 20.8 Å². The zero-order valence-electron chi connectivity index (χ0n) is 11.3. The van der Waals surface area contributed by atoms with E-state index in [1.165, 1.54) is 11.1 Å². The minimum Gasteiger partial charge on any atom is -0.352 e. The van der Waals surface area contributed by atoms with Crippen LogP contribution in [0.25, 0.3) is 0 Å². The zero-order chi connectivity index (χ0) is 13.7. The van der Waals surface area contributed by atoms with E-state index in [0.29, 0.717) is 12.1 Å². The second-order valence-electron chi connectivity index (χ2n) is 4.44. The second kappa shape index (κ2) is 6.18. The third kappa shape index (κ3) is 3.87. The first kappa shape index (κ1) is 14.2. The standard InChI is InChI=1S/C12H20N4O2/c1-5-16(8-11(17)14-9(2)3)12(18)10-6-13-15(4)7-10/h6-7,9H,5,8H2,1-4H3,(H,14,17). The van der Waals surface area contributed by atoms with Gasteiger partial charge in [-0.1, -0.05) is 0 Å². The van der Waals surface area contributed by atoms with Crippen molar-refractivity contribution in [1.82, 2.24) is 20.0 Å². The number of hydrogen-bond acceptors (Lipinski definition) is 3. The lowest BCUT2D eigenvalue weighted by Crippen LogP contribution is -2.42. The van der Waals surface area contributed by atoms with E-state index in [4.69, 9.17) is 0 Å². The summed E-state index contributed by atoms with van der Waals surface area (Å²) in [7, 11) is 1.75. The number of hydrogen-bond donors (Lipinski definition) is 1.